The van der Waals surface area contributed by atoms with Crippen LogP contribution >= 0.6 is 0 Å². The Bertz CT molecular complexity index is 280. The number of nitrogens with two attached hydrogens (primary N) is 1. The van der Waals surface area contributed by atoms with Gasteiger partial charge in [-0.1, -0.05) is 6.92 Å². The largest absolute Gasteiger partial charge is 0.383 e. The minimum absolute atomic E-state index is 0.0686. The van der Waals surface area contributed by atoms with Crippen molar-refractivity contribution in [2.75, 3.05) is 59.5 Å². The van der Waals surface area contributed by atoms with Gasteiger partial charge in [-0.2, -0.15) is 0 Å². The van der Waals surface area contributed by atoms with E-state index in [4.69, 9.17) is 10.5 Å². The second kappa shape index (κ2) is 9.28. The third-order valence-corrected chi connectivity index (χ3v) is 3.91. The summed E-state index contributed by atoms with van der Waals surface area (Å²) < 4.78 is 4.93. The molecule has 1 heterocycles. The number of carbonyl (C=O) groups excluding carboxylic acids is 1. The van der Waals surface area contributed by atoms with Crippen molar-refractivity contribution in [2.45, 2.75) is 19.9 Å². The van der Waals surface area contributed by atoms with Crippen molar-refractivity contribution in [1.29, 1.82) is 0 Å². The van der Waals surface area contributed by atoms with Crippen LogP contribution in [0.15, 0.2) is 0 Å². The lowest BCUT2D eigenvalue weighted by molar-refractivity contribution is -0.126. The minimum atomic E-state index is -0.0686. The first-order valence-electron chi connectivity index (χ1n) is 7.51. The standard InChI is InChI=1S/C14H30N4O2/c1-12(10-15)11-17-5-7-18(8-6-17)13(2)14(19)16-4-9-20-3/h12-13H,4-11,15H2,1-3H3,(H,16,19). The number of rotatable bonds is 8. The fourth-order valence-corrected chi connectivity index (χ4v) is 2.44. The topological polar surface area (TPSA) is 70.8 Å². The Kier molecular flexibility index (Phi) is 8.06. The van der Waals surface area contributed by atoms with E-state index < -0.39 is 0 Å². The maximum Gasteiger partial charge on any atom is 0.237 e. The highest BCUT2D eigenvalue weighted by Gasteiger charge is 2.25. The Morgan fingerprint density at radius 1 is 1.30 bits per heavy atom. The molecule has 1 fully saturated rings. The molecular formula is C14H30N4O2. The summed E-state index contributed by atoms with van der Waals surface area (Å²) in [7, 11) is 1.64. The molecule has 0 bridgehead atoms. The molecule has 2 unspecified atom stereocenters. The fourth-order valence-electron chi connectivity index (χ4n) is 2.44. The van der Waals surface area contributed by atoms with Crippen LogP contribution in [0, 0.1) is 5.92 Å². The van der Waals surface area contributed by atoms with Crippen LogP contribution in [0.2, 0.25) is 0 Å². The lowest BCUT2D eigenvalue weighted by Crippen LogP contribution is -2.54. The summed E-state index contributed by atoms with van der Waals surface area (Å²) in [6, 6.07) is -0.0686. The number of methoxy groups -OCH3 is 1. The van der Waals surface area contributed by atoms with E-state index >= 15 is 0 Å². The van der Waals surface area contributed by atoms with Gasteiger partial charge in [0.25, 0.3) is 0 Å². The van der Waals surface area contributed by atoms with Crippen LogP contribution in [0.1, 0.15) is 13.8 Å². The molecule has 6 heteroatoms. The number of hydrogen-bond acceptors (Lipinski definition) is 5. The zero-order valence-electron chi connectivity index (χ0n) is 13.1. The maximum atomic E-state index is 12.0. The van der Waals surface area contributed by atoms with Crippen molar-refractivity contribution in [3.63, 3.8) is 0 Å². The third-order valence-electron chi connectivity index (χ3n) is 3.91. The number of piperazine rings is 1. The molecule has 20 heavy (non-hydrogen) atoms. The third kappa shape index (κ3) is 5.75. The monoisotopic (exact) mass is 286 g/mol. The first kappa shape index (κ1) is 17.4. The van der Waals surface area contributed by atoms with E-state index in [1.807, 2.05) is 6.92 Å². The normalized spacial score (nSPS) is 20.6. The lowest BCUT2D eigenvalue weighted by Gasteiger charge is -2.38. The van der Waals surface area contributed by atoms with E-state index in [0.29, 0.717) is 19.1 Å². The van der Waals surface area contributed by atoms with Crippen LogP contribution < -0.4 is 11.1 Å². The van der Waals surface area contributed by atoms with E-state index in [-0.39, 0.29) is 11.9 Å². The van der Waals surface area contributed by atoms with Crippen LogP contribution in [0.5, 0.6) is 0 Å². The zero-order chi connectivity index (χ0) is 15.0. The van der Waals surface area contributed by atoms with E-state index in [1.54, 1.807) is 7.11 Å². The Labute approximate surface area is 122 Å². The van der Waals surface area contributed by atoms with E-state index in [2.05, 4.69) is 22.0 Å². The molecule has 1 aliphatic rings. The number of nitrogens with one attached hydrogen (secondary N) is 1. The summed E-state index contributed by atoms with van der Waals surface area (Å²) >= 11 is 0. The number of ether oxygens (including phenoxy) is 1. The van der Waals surface area contributed by atoms with Gasteiger partial charge in [0.2, 0.25) is 5.91 Å². The van der Waals surface area contributed by atoms with Gasteiger partial charge in [-0.15, -0.1) is 0 Å². The maximum absolute atomic E-state index is 12.0. The second-order valence-corrected chi connectivity index (χ2v) is 5.64. The Morgan fingerprint density at radius 2 is 1.95 bits per heavy atom. The van der Waals surface area contributed by atoms with Crippen molar-refractivity contribution < 1.29 is 9.53 Å². The van der Waals surface area contributed by atoms with Gasteiger partial charge < -0.3 is 20.7 Å². The molecule has 0 aromatic heterocycles. The number of hydrogen-bond donors (Lipinski definition) is 2. The summed E-state index contributed by atoms with van der Waals surface area (Å²) in [5, 5.41) is 2.90. The molecule has 1 aliphatic heterocycles. The summed E-state index contributed by atoms with van der Waals surface area (Å²) in [6.07, 6.45) is 0. The Balaban J connectivity index is 2.27. The predicted octanol–water partition coefficient (Wildman–Crippen LogP) is -0.650. The quantitative estimate of drug-likeness (QED) is 0.580. The van der Waals surface area contributed by atoms with Crippen molar-refractivity contribution in [3.8, 4) is 0 Å². The van der Waals surface area contributed by atoms with Gasteiger partial charge in [-0.3, -0.25) is 9.69 Å². The van der Waals surface area contributed by atoms with Crippen molar-refractivity contribution >= 4 is 5.91 Å². The van der Waals surface area contributed by atoms with Gasteiger partial charge in [0.15, 0.2) is 0 Å². The first-order chi connectivity index (χ1) is 9.58. The molecule has 0 aromatic carbocycles. The molecular weight excluding hydrogens is 256 g/mol. The molecule has 0 saturated carbocycles. The van der Waals surface area contributed by atoms with Crippen molar-refractivity contribution in [2.24, 2.45) is 11.7 Å². The zero-order valence-corrected chi connectivity index (χ0v) is 13.1. The molecule has 1 rings (SSSR count). The van der Waals surface area contributed by atoms with Crippen LogP contribution in [-0.4, -0.2) is 81.3 Å². The van der Waals surface area contributed by atoms with Crippen molar-refractivity contribution in [3.05, 3.63) is 0 Å². The van der Waals surface area contributed by atoms with Gasteiger partial charge in [0, 0.05) is 46.4 Å². The highest BCUT2D eigenvalue weighted by molar-refractivity contribution is 5.81. The van der Waals surface area contributed by atoms with E-state index in [1.165, 1.54) is 0 Å². The van der Waals surface area contributed by atoms with Gasteiger partial charge in [-0.25, -0.2) is 0 Å². The van der Waals surface area contributed by atoms with Crippen molar-refractivity contribution in [1.82, 2.24) is 15.1 Å². The molecule has 0 aliphatic carbocycles. The summed E-state index contributed by atoms with van der Waals surface area (Å²) in [5.41, 5.74) is 5.66. The molecule has 0 aromatic rings. The molecule has 1 amide bonds. The SMILES string of the molecule is COCCNC(=O)C(C)N1CCN(CC(C)CN)CC1. The average Bonchev–Trinajstić information content (AvgIpc) is 2.47. The average molecular weight is 286 g/mol. The Morgan fingerprint density at radius 3 is 2.50 bits per heavy atom. The minimum Gasteiger partial charge on any atom is -0.383 e. The number of nitrogens with zero attached hydrogens (tertiary/aromatic N) is 2. The predicted molar refractivity (Wildman–Crippen MR) is 80.6 cm³/mol. The van der Waals surface area contributed by atoms with E-state index in [9.17, 15) is 4.79 Å². The van der Waals surface area contributed by atoms with Crippen LogP contribution in [0.25, 0.3) is 0 Å². The summed E-state index contributed by atoms with van der Waals surface area (Å²) in [5.74, 6) is 0.627. The summed E-state index contributed by atoms with van der Waals surface area (Å²) in [4.78, 5) is 16.7. The molecule has 6 nitrogen and oxygen atoms in total. The van der Waals surface area contributed by atoms with E-state index in [0.717, 1.165) is 39.3 Å². The first-order valence-corrected chi connectivity index (χ1v) is 7.51. The Hall–Kier alpha value is -0.690. The van der Waals surface area contributed by atoms with Crippen LogP contribution in [-0.2, 0) is 9.53 Å². The number of amides is 1. The van der Waals surface area contributed by atoms with Crippen LogP contribution in [0.3, 0.4) is 0 Å². The number of carbonyl (C=O) groups is 1. The molecule has 0 spiro atoms. The van der Waals surface area contributed by atoms with Gasteiger partial charge in [0.1, 0.15) is 0 Å². The second-order valence-electron chi connectivity index (χ2n) is 5.64. The smallest absolute Gasteiger partial charge is 0.237 e. The van der Waals surface area contributed by atoms with Gasteiger partial charge in [0.05, 0.1) is 12.6 Å². The molecule has 0 radical (unpaired) electrons. The van der Waals surface area contributed by atoms with Crippen LogP contribution in [0.4, 0.5) is 0 Å². The molecule has 1 saturated heterocycles. The highest BCUT2D eigenvalue weighted by atomic mass is 16.5. The fraction of sp³-hybridized carbons (Fsp3) is 0.929. The lowest BCUT2D eigenvalue weighted by atomic mass is 10.1. The van der Waals surface area contributed by atoms with Gasteiger partial charge in [-0.05, 0) is 19.4 Å². The summed E-state index contributed by atoms with van der Waals surface area (Å²) in [6.45, 7) is 11.0. The molecule has 3 N–H and O–H groups in total. The molecule has 2 atom stereocenters. The molecule has 118 valence electrons. The van der Waals surface area contributed by atoms with Gasteiger partial charge >= 0.3 is 0 Å². The highest BCUT2D eigenvalue weighted by Crippen LogP contribution is 2.08.